The normalized spacial score (nSPS) is 10.7. The van der Waals surface area contributed by atoms with Crippen molar-refractivity contribution in [3.63, 3.8) is 0 Å². The van der Waals surface area contributed by atoms with Crippen molar-refractivity contribution in [3.8, 4) is 22.9 Å². The van der Waals surface area contributed by atoms with Crippen molar-refractivity contribution in [2.45, 2.75) is 6.92 Å². The van der Waals surface area contributed by atoms with Gasteiger partial charge in [-0.15, -0.1) is 0 Å². The maximum absolute atomic E-state index is 11.5. The lowest BCUT2D eigenvalue weighted by Gasteiger charge is -2.13. The molecule has 1 N–H and O–H groups in total. The van der Waals surface area contributed by atoms with E-state index >= 15 is 0 Å². The van der Waals surface area contributed by atoms with E-state index in [0.717, 1.165) is 26.0 Å². The zero-order valence-corrected chi connectivity index (χ0v) is 16.0. The predicted octanol–water partition coefficient (Wildman–Crippen LogP) is 3.79. The van der Waals surface area contributed by atoms with Crippen molar-refractivity contribution in [3.05, 3.63) is 40.0 Å². The molecule has 2 aromatic carbocycles. The molecule has 0 aliphatic rings. The number of fused-ring (bicyclic) bond motifs is 1. The zero-order valence-electron chi connectivity index (χ0n) is 13.8. The van der Waals surface area contributed by atoms with Crippen molar-refractivity contribution >= 4 is 39.6 Å². The maximum Gasteiger partial charge on any atom is 0.344 e. The topological polar surface area (TPSA) is 73.4 Å². The van der Waals surface area contributed by atoms with Crippen LogP contribution in [0.25, 0.3) is 22.4 Å². The molecule has 130 valence electrons. The van der Waals surface area contributed by atoms with Crippen LogP contribution in [0, 0.1) is 3.57 Å². The van der Waals surface area contributed by atoms with Crippen LogP contribution in [0.1, 0.15) is 6.92 Å². The molecule has 0 atom stereocenters. The molecule has 0 unspecified atom stereocenters. The van der Waals surface area contributed by atoms with Gasteiger partial charge >= 0.3 is 5.97 Å². The van der Waals surface area contributed by atoms with Crippen LogP contribution in [0.2, 0.25) is 0 Å². The lowest BCUT2D eigenvalue weighted by atomic mass is 10.2. The van der Waals surface area contributed by atoms with Gasteiger partial charge in [-0.3, -0.25) is 0 Å². The highest BCUT2D eigenvalue weighted by Crippen LogP contribution is 2.37. The Labute approximate surface area is 158 Å². The molecule has 3 rings (SSSR count). The van der Waals surface area contributed by atoms with Crippen LogP contribution in [0.15, 0.2) is 36.4 Å². The minimum atomic E-state index is -0.415. The summed E-state index contributed by atoms with van der Waals surface area (Å²) in [7, 11) is 1.56. The molecule has 0 amide bonds. The van der Waals surface area contributed by atoms with E-state index in [1.54, 1.807) is 14.0 Å². The highest BCUT2D eigenvalue weighted by atomic mass is 127. The molecular weight excluding hydrogens is 435 g/mol. The quantitative estimate of drug-likeness (QED) is 0.455. The molecule has 1 aromatic heterocycles. The zero-order chi connectivity index (χ0) is 17.8. The number of hydrogen-bond acceptors (Lipinski definition) is 5. The van der Waals surface area contributed by atoms with Crippen molar-refractivity contribution in [2.24, 2.45) is 0 Å². The van der Waals surface area contributed by atoms with Crippen LogP contribution < -0.4 is 9.47 Å². The number of rotatable bonds is 6. The average molecular weight is 452 g/mol. The Balaban J connectivity index is 1.92. The smallest absolute Gasteiger partial charge is 0.344 e. The fourth-order valence-corrected chi connectivity index (χ4v) is 3.18. The Kier molecular flexibility index (Phi) is 5.42. The number of nitrogens with zero attached hydrogens (tertiary/aromatic N) is 1. The van der Waals surface area contributed by atoms with Crippen molar-refractivity contribution < 1.29 is 19.0 Å². The molecule has 7 heteroatoms. The number of ether oxygens (including phenoxy) is 3. The predicted molar refractivity (Wildman–Crippen MR) is 103 cm³/mol. The van der Waals surface area contributed by atoms with Crippen LogP contribution in [0.5, 0.6) is 11.5 Å². The van der Waals surface area contributed by atoms with E-state index in [1.165, 1.54) is 0 Å². The second-order valence-corrected chi connectivity index (χ2v) is 6.35. The average Bonchev–Trinajstić information content (AvgIpc) is 3.04. The van der Waals surface area contributed by atoms with Gasteiger partial charge in [0.05, 0.1) is 28.3 Å². The van der Waals surface area contributed by atoms with Gasteiger partial charge in [-0.25, -0.2) is 9.78 Å². The van der Waals surface area contributed by atoms with Gasteiger partial charge in [0.25, 0.3) is 0 Å². The Morgan fingerprint density at radius 2 is 2.08 bits per heavy atom. The van der Waals surface area contributed by atoms with Gasteiger partial charge in [0.1, 0.15) is 5.82 Å². The Hall–Kier alpha value is -2.29. The number of methoxy groups -OCH3 is 1. The number of esters is 1. The summed E-state index contributed by atoms with van der Waals surface area (Å²) in [5.41, 5.74) is 2.74. The molecule has 25 heavy (non-hydrogen) atoms. The lowest BCUT2D eigenvalue weighted by molar-refractivity contribution is -0.145. The summed E-state index contributed by atoms with van der Waals surface area (Å²) in [6.07, 6.45) is 0. The summed E-state index contributed by atoms with van der Waals surface area (Å²) in [4.78, 5) is 19.4. The van der Waals surface area contributed by atoms with Crippen LogP contribution in [0.4, 0.5) is 0 Å². The first kappa shape index (κ1) is 17.5. The highest BCUT2D eigenvalue weighted by molar-refractivity contribution is 14.1. The SMILES string of the molecule is CCOC(=O)COc1c(I)cc(-c2nc3ccccc3[nH]2)cc1OC. The number of para-hydroxylation sites is 2. The monoisotopic (exact) mass is 452 g/mol. The number of imidazole rings is 1. The van der Waals surface area contributed by atoms with Gasteiger partial charge < -0.3 is 19.2 Å². The number of benzene rings is 2. The molecule has 0 radical (unpaired) electrons. The fourth-order valence-electron chi connectivity index (χ4n) is 2.42. The summed E-state index contributed by atoms with van der Waals surface area (Å²) in [6.45, 7) is 1.91. The van der Waals surface area contributed by atoms with Gasteiger partial charge in [-0.05, 0) is 53.8 Å². The number of halogens is 1. The van der Waals surface area contributed by atoms with Crippen molar-refractivity contribution in [1.29, 1.82) is 0 Å². The van der Waals surface area contributed by atoms with Crippen LogP contribution in [0.3, 0.4) is 0 Å². The Bertz CT molecular complexity index is 874. The number of nitrogens with one attached hydrogen (secondary N) is 1. The molecule has 0 aliphatic heterocycles. The minimum absolute atomic E-state index is 0.163. The van der Waals surface area contributed by atoms with E-state index in [-0.39, 0.29) is 6.61 Å². The third-order valence-corrected chi connectivity index (χ3v) is 4.33. The van der Waals surface area contributed by atoms with Gasteiger partial charge in [0, 0.05) is 5.56 Å². The summed E-state index contributed by atoms with van der Waals surface area (Å²) in [5.74, 6) is 1.37. The van der Waals surface area contributed by atoms with Crippen LogP contribution >= 0.6 is 22.6 Å². The molecule has 6 nitrogen and oxygen atoms in total. The Morgan fingerprint density at radius 1 is 1.28 bits per heavy atom. The largest absolute Gasteiger partial charge is 0.493 e. The van der Waals surface area contributed by atoms with E-state index in [4.69, 9.17) is 14.2 Å². The number of aromatic nitrogens is 2. The summed E-state index contributed by atoms with van der Waals surface area (Å²) in [5, 5.41) is 0. The van der Waals surface area contributed by atoms with Crippen LogP contribution in [-0.2, 0) is 9.53 Å². The highest BCUT2D eigenvalue weighted by Gasteiger charge is 2.16. The first-order chi connectivity index (χ1) is 12.1. The third kappa shape index (κ3) is 3.87. The molecule has 0 saturated heterocycles. The molecule has 0 bridgehead atoms. The number of aromatic amines is 1. The maximum atomic E-state index is 11.5. The molecule has 0 spiro atoms. The third-order valence-electron chi connectivity index (χ3n) is 3.53. The lowest BCUT2D eigenvalue weighted by Crippen LogP contribution is -2.15. The van der Waals surface area contributed by atoms with E-state index in [0.29, 0.717) is 18.1 Å². The van der Waals surface area contributed by atoms with E-state index in [9.17, 15) is 4.79 Å². The molecule has 0 saturated carbocycles. The first-order valence-corrected chi connectivity index (χ1v) is 8.81. The van der Waals surface area contributed by atoms with Crippen LogP contribution in [-0.4, -0.2) is 36.3 Å². The summed E-state index contributed by atoms with van der Waals surface area (Å²) < 4.78 is 16.7. The van der Waals surface area contributed by atoms with E-state index in [1.807, 2.05) is 36.4 Å². The summed E-state index contributed by atoms with van der Waals surface area (Å²) in [6, 6.07) is 11.6. The van der Waals surface area contributed by atoms with Crippen molar-refractivity contribution in [2.75, 3.05) is 20.3 Å². The van der Waals surface area contributed by atoms with Gasteiger partial charge in [0.2, 0.25) is 0 Å². The standard InChI is InChI=1S/C18H17IN2O4/c1-3-24-16(22)10-25-17-12(19)8-11(9-15(17)23-2)18-20-13-6-4-5-7-14(13)21-18/h4-9H,3,10H2,1-2H3,(H,20,21). The molecular formula is C18H17IN2O4. The molecule has 0 fully saturated rings. The van der Waals surface area contributed by atoms with Gasteiger partial charge in [-0.1, -0.05) is 12.1 Å². The molecule has 3 aromatic rings. The molecule has 0 aliphatic carbocycles. The number of carbonyl (C=O) groups excluding carboxylic acids is 1. The van der Waals surface area contributed by atoms with Gasteiger partial charge in [0.15, 0.2) is 18.1 Å². The van der Waals surface area contributed by atoms with Gasteiger partial charge in [-0.2, -0.15) is 0 Å². The second-order valence-electron chi connectivity index (χ2n) is 5.19. The Morgan fingerprint density at radius 3 is 2.80 bits per heavy atom. The molecule has 1 heterocycles. The van der Waals surface area contributed by atoms with E-state index < -0.39 is 5.97 Å². The minimum Gasteiger partial charge on any atom is -0.493 e. The second kappa shape index (κ2) is 7.73. The van der Waals surface area contributed by atoms with E-state index in [2.05, 4.69) is 32.6 Å². The number of H-pyrrole nitrogens is 1. The van der Waals surface area contributed by atoms with Crippen molar-refractivity contribution in [1.82, 2.24) is 9.97 Å². The summed E-state index contributed by atoms with van der Waals surface area (Å²) >= 11 is 2.15. The number of carbonyl (C=O) groups is 1. The fraction of sp³-hybridized carbons (Fsp3) is 0.222. The number of hydrogen-bond donors (Lipinski definition) is 1. The first-order valence-electron chi connectivity index (χ1n) is 7.73.